The molecule has 0 radical (unpaired) electrons. The molecule has 0 saturated heterocycles. The highest BCUT2D eigenvalue weighted by Gasteiger charge is 2.19. The van der Waals surface area contributed by atoms with Crippen LogP contribution in [0, 0.1) is 6.92 Å². The fourth-order valence-electron chi connectivity index (χ4n) is 2.79. The van der Waals surface area contributed by atoms with Gasteiger partial charge < -0.3 is 5.11 Å². The van der Waals surface area contributed by atoms with Gasteiger partial charge in [0.05, 0.1) is 7.05 Å². The van der Waals surface area contributed by atoms with Gasteiger partial charge in [-0.2, -0.15) is 0 Å². The maximum absolute atomic E-state index is 10.9. The first kappa shape index (κ1) is 17.7. The number of hydrogen-bond acceptors (Lipinski definition) is 1. The Morgan fingerprint density at radius 2 is 1.71 bits per heavy atom. The maximum atomic E-state index is 10.9. The number of carboxylic acids is 1. The minimum atomic E-state index is -0.775. The third-order valence-corrected chi connectivity index (χ3v) is 4.15. The Bertz CT molecular complexity index is 438. The van der Waals surface area contributed by atoms with Crippen LogP contribution in [0.3, 0.4) is 0 Å². The molecule has 4 heteroatoms. The van der Waals surface area contributed by atoms with E-state index in [4.69, 9.17) is 5.11 Å². The molecule has 0 spiro atoms. The minimum Gasteiger partial charge on any atom is -0.478 e. The van der Waals surface area contributed by atoms with Gasteiger partial charge in [0.2, 0.25) is 0 Å². The van der Waals surface area contributed by atoms with Crippen LogP contribution in [0.15, 0.2) is 6.20 Å². The average Bonchev–Trinajstić information content (AvgIpc) is 2.68. The first-order valence-electron chi connectivity index (χ1n) is 8.32. The maximum Gasteiger partial charge on any atom is 0.346 e. The van der Waals surface area contributed by atoms with E-state index in [0.29, 0.717) is 0 Å². The first-order valence-corrected chi connectivity index (χ1v) is 8.32. The standard InChI is InChI=1S/C17H30N2O2/c1-4-5-6-7-8-9-10-11-12-16-18(3)15(2)13-19(16)14-17(20)21/h13H,4-12,14H2,1-3H3/p+1. The number of nitrogens with zero attached hydrogens (tertiary/aromatic N) is 2. The van der Waals surface area contributed by atoms with Crippen molar-refractivity contribution in [2.75, 3.05) is 0 Å². The van der Waals surface area contributed by atoms with Crippen LogP contribution in [0.1, 0.15) is 69.8 Å². The molecule has 1 aromatic heterocycles. The number of carbonyl (C=O) groups is 1. The summed E-state index contributed by atoms with van der Waals surface area (Å²) in [5.41, 5.74) is 1.12. The van der Waals surface area contributed by atoms with Gasteiger partial charge in [-0.05, 0) is 6.42 Å². The summed E-state index contributed by atoms with van der Waals surface area (Å²) in [4.78, 5) is 10.9. The van der Waals surface area contributed by atoms with Gasteiger partial charge in [0, 0.05) is 13.3 Å². The third kappa shape index (κ3) is 6.32. The van der Waals surface area contributed by atoms with Gasteiger partial charge in [0.25, 0.3) is 5.82 Å². The Morgan fingerprint density at radius 1 is 1.14 bits per heavy atom. The number of imidazole rings is 1. The van der Waals surface area contributed by atoms with Gasteiger partial charge >= 0.3 is 5.97 Å². The van der Waals surface area contributed by atoms with E-state index in [9.17, 15) is 4.79 Å². The highest BCUT2D eigenvalue weighted by Crippen LogP contribution is 2.11. The molecule has 0 aliphatic rings. The number of aliphatic carboxylic acids is 1. The summed E-state index contributed by atoms with van der Waals surface area (Å²) in [5, 5.41) is 8.97. The zero-order valence-corrected chi connectivity index (χ0v) is 13.9. The molecule has 1 heterocycles. The van der Waals surface area contributed by atoms with Crippen LogP contribution in [-0.2, 0) is 24.8 Å². The van der Waals surface area contributed by atoms with Gasteiger partial charge in [-0.1, -0.05) is 51.9 Å². The Kier molecular flexibility index (Phi) is 8.09. The minimum absolute atomic E-state index is 0.0635. The SMILES string of the molecule is CCCCCCCCCCc1n(C)c(C)c[n+]1CC(=O)O. The number of unbranched alkanes of at least 4 members (excludes halogenated alkanes) is 7. The molecule has 0 aliphatic carbocycles. The number of aromatic nitrogens is 2. The van der Waals surface area contributed by atoms with Gasteiger partial charge in [-0.3, -0.25) is 0 Å². The van der Waals surface area contributed by atoms with E-state index in [-0.39, 0.29) is 6.54 Å². The molecule has 0 amide bonds. The van der Waals surface area contributed by atoms with Crippen molar-refractivity contribution in [2.45, 2.75) is 78.2 Å². The Morgan fingerprint density at radius 3 is 2.29 bits per heavy atom. The normalized spacial score (nSPS) is 11.0. The summed E-state index contributed by atoms with van der Waals surface area (Å²) in [6.07, 6.45) is 13.3. The smallest absolute Gasteiger partial charge is 0.346 e. The molecule has 1 N–H and O–H groups in total. The van der Waals surface area contributed by atoms with Gasteiger partial charge in [-0.15, -0.1) is 0 Å². The fraction of sp³-hybridized carbons (Fsp3) is 0.765. The molecule has 4 nitrogen and oxygen atoms in total. The molecule has 1 aromatic rings. The summed E-state index contributed by atoms with van der Waals surface area (Å²) in [5.74, 6) is 0.351. The van der Waals surface area contributed by atoms with Crippen molar-refractivity contribution in [2.24, 2.45) is 7.05 Å². The van der Waals surface area contributed by atoms with E-state index in [0.717, 1.165) is 24.4 Å². The predicted molar refractivity (Wildman–Crippen MR) is 84.3 cm³/mol. The summed E-state index contributed by atoms with van der Waals surface area (Å²) in [7, 11) is 2.02. The van der Waals surface area contributed by atoms with Crippen molar-refractivity contribution in [1.82, 2.24) is 4.57 Å². The van der Waals surface area contributed by atoms with Crippen molar-refractivity contribution in [3.05, 3.63) is 17.7 Å². The Hall–Kier alpha value is -1.32. The molecule has 0 saturated carbocycles. The van der Waals surface area contributed by atoms with Crippen molar-refractivity contribution in [3.8, 4) is 0 Å². The second-order valence-corrected chi connectivity index (χ2v) is 5.99. The van der Waals surface area contributed by atoms with Gasteiger partial charge in [0.1, 0.15) is 11.9 Å². The lowest BCUT2D eigenvalue weighted by atomic mass is 10.1. The first-order chi connectivity index (χ1) is 10.1. The number of aryl methyl sites for hydroxylation is 1. The molecule has 21 heavy (non-hydrogen) atoms. The monoisotopic (exact) mass is 295 g/mol. The second kappa shape index (κ2) is 9.59. The van der Waals surface area contributed by atoms with E-state index < -0.39 is 5.97 Å². The van der Waals surface area contributed by atoms with E-state index in [1.54, 1.807) is 0 Å². The molecular weight excluding hydrogens is 264 g/mol. The quantitative estimate of drug-likeness (QED) is 0.502. The van der Waals surface area contributed by atoms with Gasteiger partial charge in [0.15, 0.2) is 6.54 Å². The van der Waals surface area contributed by atoms with Gasteiger partial charge in [-0.25, -0.2) is 13.9 Å². The lowest BCUT2D eigenvalue weighted by molar-refractivity contribution is -0.692. The zero-order valence-electron chi connectivity index (χ0n) is 13.9. The topological polar surface area (TPSA) is 46.1 Å². The zero-order chi connectivity index (χ0) is 15.7. The predicted octanol–water partition coefficient (Wildman–Crippen LogP) is 3.39. The highest BCUT2D eigenvalue weighted by atomic mass is 16.4. The lowest BCUT2D eigenvalue weighted by Gasteiger charge is -2.02. The molecule has 1 rings (SSSR count). The molecule has 0 unspecified atom stereocenters. The fourth-order valence-corrected chi connectivity index (χ4v) is 2.79. The van der Waals surface area contributed by atoms with Crippen LogP contribution >= 0.6 is 0 Å². The number of hydrogen-bond donors (Lipinski definition) is 1. The molecule has 0 bridgehead atoms. The van der Waals surface area contributed by atoms with Crippen molar-refractivity contribution < 1.29 is 14.5 Å². The molecule has 0 atom stereocenters. The van der Waals surface area contributed by atoms with Crippen LogP contribution in [-0.4, -0.2) is 15.6 Å². The van der Waals surface area contributed by atoms with Crippen LogP contribution in [0.2, 0.25) is 0 Å². The van der Waals surface area contributed by atoms with E-state index in [1.165, 1.54) is 44.9 Å². The Labute approximate surface area is 128 Å². The van der Waals surface area contributed by atoms with Crippen LogP contribution < -0.4 is 4.57 Å². The summed E-state index contributed by atoms with van der Waals surface area (Å²) in [6.45, 7) is 4.33. The van der Waals surface area contributed by atoms with Crippen molar-refractivity contribution >= 4 is 5.97 Å². The molecule has 120 valence electrons. The van der Waals surface area contributed by atoms with E-state index >= 15 is 0 Å². The van der Waals surface area contributed by atoms with Crippen LogP contribution in [0.25, 0.3) is 0 Å². The molecule has 0 aliphatic heterocycles. The highest BCUT2D eigenvalue weighted by molar-refractivity contribution is 5.64. The largest absolute Gasteiger partial charge is 0.478 e. The van der Waals surface area contributed by atoms with Crippen LogP contribution in [0.5, 0.6) is 0 Å². The van der Waals surface area contributed by atoms with E-state index in [1.807, 2.05) is 24.7 Å². The van der Waals surface area contributed by atoms with Crippen molar-refractivity contribution in [1.29, 1.82) is 0 Å². The number of carboxylic acid groups (broad SMARTS) is 1. The third-order valence-electron chi connectivity index (χ3n) is 4.15. The summed E-state index contributed by atoms with van der Waals surface area (Å²) in [6, 6.07) is 0. The average molecular weight is 295 g/mol. The van der Waals surface area contributed by atoms with Crippen molar-refractivity contribution in [3.63, 3.8) is 0 Å². The molecular formula is C17H31N2O2+. The van der Waals surface area contributed by atoms with Crippen LogP contribution in [0.4, 0.5) is 0 Å². The number of rotatable bonds is 11. The summed E-state index contributed by atoms with van der Waals surface area (Å²) < 4.78 is 3.99. The summed E-state index contributed by atoms with van der Waals surface area (Å²) >= 11 is 0. The lowest BCUT2D eigenvalue weighted by Crippen LogP contribution is -2.40. The molecule has 0 fully saturated rings. The van der Waals surface area contributed by atoms with E-state index in [2.05, 4.69) is 11.5 Å². The molecule has 0 aromatic carbocycles. The Balaban J connectivity index is 2.32. The second-order valence-electron chi connectivity index (χ2n) is 5.99.